The molecular weight excluding hydrogens is 235 g/mol. The molecule has 0 saturated carbocycles. The van der Waals surface area contributed by atoms with Crippen LogP contribution in [0.25, 0.3) is 0 Å². The fourth-order valence-electron chi connectivity index (χ4n) is 2.05. The molecule has 2 rings (SSSR count). The molecule has 2 nitrogen and oxygen atoms in total. The van der Waals surface area contributed by atoms with Gasteiger partial charge in [0.1, 0.15) is 5.82 Å². The average Bonchev–Trinajstić information content (AvgIpc) is 2.34. The van der Waals surface area contributed by atoms with Gasteiger partial charge in [-0.05, 0) is 19.1 Å². The summed E-state index contributed by atoms with van der Waals surface area (Å²) in [5.74, 6) is 0.844. The van der Waals surface area contributed by atoms with Gasteiger partial charge in [-0.25, -0.2) is 4.39 Å². The number of hydrogen-bond acceptors (Lipinski definition) is 3. The van der Waals surface area contributed by atoms with Crippen LogP contribution in [0.4, 0.5) is 4.39 Å². The molecule has 1 aromatic rings. The molecule has 0 bridgehead atoms. The molecule has 1 atom stereocenters. The summed E-state index contributed by atoms with van der Waals surface area (Å²) in [5, 5.41) is 3.37. The van der Waals surface area contributed by atoms with Gasteiger partial charge in [0, 0.05) is 42.9 Å². The Morgan fingerprint density at radius 2 is 2.29 bits per heavy atom. The maximum atomic E-state index is 13.4. The quantitative estimate of drug-likeness (QED) is 0.829. The van der Waals surface area contributed by atoms with Crippen LogP contribution in [0.15, 0.2) is 29.2 Å². The number of halogens is 1. The second kappa shape index (κ2) is 6.38. The van der Waals surface area contributed by atoms with Crippen molar-refractivity contribution in [1.29, 1.82) is 0 Å². The lowest BCUT2D eigenvalue weighted by molar-refractivity contribution is 0.184. The van der Waals surface area contributed by atoms with Crippen molar-refractivity contribution in [3.63, 3.8) is 0 Å². The van der Waals surface area contributed by atoms with Crippen molar-refractivity contribution < 1.29 is 4.39 Å². The van der Waals surface area contributed by atoms with Gasteiger partial charge in [0.25, 0.3) is 0 Å². The van der Waals surface area contributed by atoms with Crippen LogP contribution in [0.5, 0.6) is 0 Å². The van der Waals surface area contributed by atoms with Crippen molar-refractivity contribution >= 4 is 11.8 Å². The number of piperazine rings is 1. The Morgan fingerprint density at radius 1 is 1.47 bits per heavy atom. The van der Waals surface area contributed by atoms with Gasteiger partial charge < -0.3 is 5.32 Å². The molecule has 1 saturated heterocycles. The summed E-state index contributed by atoms with van der Waals surface area (Å²) >= 11 is 1.61. The minimum atomic E-state index is -0.106. The third-order valence-electron chi connectivity index (χ3n) is 3.11. The van der Waals surface area contributed by atoms with Crippen LogP contribution in [0.1, 0.15) is 6.92 Å². The zero-order valence-electron chi connectivity index (χ0n) is 10.2. The standard InChI is InChI=1S/C13H19FN2S/c1-11-10-15-6-7-16(11)8-9-17-13-5-3-2-4-12(13)14/h2-5,11,15H,6-10H2,1H3/t11-/m0/s1. The van der Waals surface area contributed by atoms with E-state index in [-0.39, 0.29) is 5.82 Å². The van der Waals surface area contributed by atoms with E-state index in [0.29, 0.717) is 6.04 Å². The summed E-state index contributed by atoms with van der Waals surface area (Å²) in [6.07, 6.45) is 0. The molecule has 1 N–H and O–H groups in total. The van der Waals surface area contributed by atoms with Crippen LogP contribution >= 0.6 is 11.8 Å². The Hall–Kier alpha value is -0.580. The Labute approximate surface area is 107 Å². The van der Waals surface area contributed by atoms with Gasteiger partial charge in [0.15, 0.2) is 0 Å². The van der Waals surface area contributed by atoms with Crippen molar-refractivity contribution in [2.75, 3.05) is 31.9 Å². The first-order valence-electron chi connectivity index (χ1n) is 6.09. The molecule has 1 heterocycles. The van der Waals surface area contributed by atoms with Crippen LogP contribution < -0.4 is 5.32 Å². The van der Waals surface area contributed by atoms with E-state index in [1.165, 1.54) is 6.07 Å². The fraction of sp³-hybridized carbons (Fsp3) is 0.538. The number of rotatable bonds is 4. The highest BCUT2D eigenvalue weighted by Crippen LogP contribution is 2.21. The first-order chi connectivity index (χ1) is 8.27. The maximum absolute atomic E-state index is 13.4. The number of hydrogen-bond donors (Lipinski definition) is 1. The van der Waals surface area contributed by atoms with Crippen LogP contribution in [-0.2, 0) is 0 Å². The molecule has 0 spiro atoms. The predicted octanol–water partition coefficient (Wildman–Crippen LogP) is 2.21. The topological polar surface area (TPSA) is 15.3 Å². The molecule has 1 fully saturated rings. The summed E-state index contributed by atoms with van der Waals surface area (Å²) in [7, 11) is 0. The van der Waals surface area contributed by atoms with Gasteiger partial charge in [-0.1, -0.05) is 12.1 Å². The highest BCUT2D eigenvalue weighted by Gasteiger charge is 2.17. The number of nitrogens with zero attached hydrogens (tertiary/aromatic N) is 1. The molecule has 0 aliphatic carbocycles. The Kier molecular flexibility index (Phi) is 4.83. The summed E-state index contributed by atoms with van der Waals surface area (Å²) in [4.78, 5) is 3.22. The van der Waals surface area contributed by atoms with Crippen molar-refractivity contribution in [3.05, 3.63) is 30.1 Å². The maximum Gasteiger partial charge on any atom is 0.136 e. The van der Waals surface area contributed by atoms with Crippen LogP contribution in [0.2, 0.25) is 0 Å². The lowest BCUT2D eigenvalue weighted by Crippen LogP contribution is -2.50. The molecule has 4 heteroatoms. The summed E-state index contributed by atoms with van der Waals surface area (Å²) < 4.78 is 13.4. The summed E-state index contributed by atoms with van der Waals surface area (Å²) in [5.41, 5.74) is 0. The summed E-state index contributed by atoms with van der Waals surface area (Å²) in [6, 6.07) is 7.58. The number of thioether (sulfide) groups is 1. The van der Waals surface area contributed by atoms with E-state index in [0.717, 1.165) is 36.8 Å². The smallest absolute Gasteiger partial charge is 0.136 e. The second-order valence-corrected chi connectivity index (χ2v) is 5.50. The fourth-order valence-corrected chi connectivity index (χ4v) is 2.98. The largest absolute Gasteiger partial charge is 0.314 e. The first kappa shape index (κ1) is 12.9. The first-order valence-corrected chi connectivity index (χ1v) is 7.08. The third kappa shape index (κ3) is 3.69. The van der Waals surface area contributed by atoms with E-state index in [1.54, 1.807) is 17.8 Å². The van der Waals surface area contributed by atoms with Crippen LogP contribution in [-0.4, -0.2) is 42.9 Å². The molecule has 1 aromatic carbocycles. The minimum absolute atomic E-state index is 0.106. The van der Waals surface area contributed by atoms with Crippen molar-refractivity contribution in [2.24, 2.45) is 0 Å². The monoisotopic (exact) mass is 254 g/mol. The highest BCUT2D eigenvalue weighted by atomic mass is 32.2. The molecule has 1 aliphatic rings. The van der Waals surface area contributed by atoms with Gasteiger partial charge in [0.05, 0.1) is 0 Å². The van der Waals surface area contributed by atoms with Crippen LogP contribution in [0.3, 0.4) is 0 Å². The molecule has 94 valence electrons. The lowest BCUT2D eigenvalue weighted by Gasteiger charge is -2.33. The SMILES string of the molecule is C[C@H]1CNCCN1CCSc1ccccc1F. The third-order valence-corrected chi connectivity index (χ3v) is 4.14. The van der Waals surface area contributed by atoms with Gasteiger partial charge in [-0.15, -0.1) is 11.8 Å². The average molecular weight is 254 g/mol. The molecule has 0 unspecified atom stereocenters. The Balaban J connectivity index is 1.77. The Bertz CT molecular complexity index is 359. The van der Waals surface area contributed by atoms with Gasteiger partial charge in [-0.2, -0.15) is 0 Å². The van der Waals surface area contributed by atoms with Crippen molar-refractivity contribution in [3.8, 4) is 0 Å². The van der Waals surface area contributed by atoms with E-state index in [9.17, 15) is 4.39 Å². The highest BCUT2D eigenvalue weighted by molar-refractivity contribution is 7.99. The van der Waals surface area contributed by atoms with E-state index < -0.39 is 0 Å². The Morgan fingerprint density at radius 3 is 3.06 bits per heavy atom. The zero-order valence-corrected chi connectivity index (χ0v) is 11.0. The normalized spacial score (nSPS) is 21.6. The van der Waals surface area contributed by atoms with E-state index in [1.807, 2.05) is 12.1 Å². The van der Waals surface area contributed by atoms with E-state index in [2.05, 4.69) is 17.1 Å². The van der Waals surface area contributed by atoms with E-state index in [4.69, 9.17) is 0 Å². The predicted molar refractivity (Wildman–Crippen MR) is 71.0 cm³/mol. The molecular formula is C13H19FN2S. The van der Waals surface area contributed by atoms with Crippen LogP contribution in [0, 0.1) is 5.82 Å². The molecule has 0 radical (unpaired) electrons. The number of benzene rings is 1. The lowest BCUT2D eigenvalue weighted by atomic mass is 10.2. The van der Waals surface area contributed by atoms with Gasteiger partial charge >= 0.3 is 0 Å². The molecule has 17 heavy (non-hydrogen) atoms. The van der Waals surface area contributed by atoms with Gasteiger partial charge in [-0.3, -0.25) is 4.90 Å². The minimum Gasteiger partial charge on any atom is -0.314 e. The number of nitrogens with one attached hydrogen (secondary N) is 1. The molecule has 1 aliphatic heterocycles. The second-order valence-electron chi connectivity index (χ2n) is 4.37. The van der Waals surface area contributed by atoms with Gasteiger partial charge in [0.2, 0.25) is 0 Å². The molecule has 0 aromatic heterocycles. The van der Waals surface area contributed by atoms with E-state index >= 15 is 0 Å². The summed E-state index contributed by atoms with van der Waals surface area (Å²) in [6.45, 7) is 6.49. The zero-order chi connectivity index (χ0) is 12.1. The van der Waals surface area contributed by atoms with Crippen molar-refractivity contribution in [1.82, 2.24) is 10.2 Å². The molecule has 0 amide bonds. The van der Waals surface area contributed by atoms with Crippen molar-refractivity contribution in [2.45, 2.75) is 17.9 Å².